The molecule has 0 saturated carbocycles. The van der Waals surface area contributed by atoms with E-state index in [2.05, 4.69) is 36.6 Å². The van der Waals surface area contributed by atoms with E-state index in [1.807, 2.05) is 24.7 Å². The molecule has 1 amide bonds. The molecular formula is C16H24N6OS. The van der Waals surface area contributed by atoms with Gasteiger partial charge in [0.1, 0.15) is 5.82 Å². The third kappa shape index (κ3) is 4.00. The SMILES string of the molecule is CCn1ccnc1CN1CCN([C@H](C)C(=O)Nc2nccs2)CC1. The minimum atomic E-state index is -0.145. The molecule has 3 rings (SSSR count). The fraction of sp³-hybridized carbons (Fsp3) is 0.562. The van der Waals surface area contributed by atoms with Crippen LogP contribution in [0.5, 0.6) is 0 Å². The molecule has 1 saturated heterocycles. The summed E-state index contributed by atoms with van der Waals surface area (Å²) in [5, 5.41) is 5.41. The van der Waals surface area contributed by atoms with E-state index in [-0.39, 0.29) is 11.9 Å². The second-order valence-corrected chi connectivity index (χ2v) is 6.84. The van der Waals surface area contributed by atoms with Crippen molar-refractivity contribution in [3.8, 4) is 0 Å². The highest BCUT2D eigenvalue weighted by Crippen LogP contribution is 2.14. The number of aryl methyl sites for hydroxylation is 1. The standard InChI is InChI=1S/C16H24N6OS/c1-3-21-6-4-17-14(21)12-20-7-9-22(10-8-20)13(2)15(23)19-16-18-5-11-24-16/h4-6,11,13H,3,7-10,12H2,1-2H3,(H,18,19,23)/t13-/m1/s1. The predicted molar refractivity (Wildman–Crippen MR) is 95.0 cm³/mol. The molecule has 8 heteroatoms. The molecule has 0 bridgehead atoms. The molecule has 7 nitrogen and oxygen atoms in total. The molecule has 2 aromatic rings. The van der Waals surface area contributed by atoms with Crippen LogP contribution in [0.4, 0.5) is 5.13 Å². The van der Waals surface area contributed by atoms with Gasteiger partial charge in [0, 0.05) is 56.7 Å². The van der Waals surface area contributed by atoms with Crippen LogP contribution in [-0.2, 0) is 17.9 Å². The maximum Gasteiger partial charge on any atom is 0.243 e. The Bertz CT molecular complexity index is 647. The number of nitrogens with one attached hydrogen (secondary N) is 1. The van der Waals surface area contributed by atoms with Crippen molar-refractivity contribution in [2.45, 2.75) is 33.0 Å². The van der Waals surface area contributed by atoms with Gasteiger partial charge in [-0.1, -0.05) is 0 Å². The fourth-order valence-electron chi connectivity index (χ4n) is 2.95. The molecule has 1 aliphatic heterocycles. The third-order valence-corrected chi connectivity index (χ3v) is 5.19. The number of amides is 1. The Labute approximate surface area is 146 Å². The van der Waals surface area contributed by atoms with E-state index in [0.29, 0.717) is 5.13 Å². The van der Waals surface area contributed by atoms with Gasteiger partial charge in [0.25, 0.3) is 0 Å². The number of thiazole rings is 1. The monoisotopic (exact) mass is 348 g/mol. The van der Waals surface area contributed by atoms with Crippen molar-refractivity contribution in [2.75, 3.05) is 31.5 Å². The molecule has 3 heterocycles. The van der Waals surface area contributed by atoms with Gasteiger partial charge in [0.05, 0.1) is 12.6 Å². The zero-order valence-electron chi connectivity index (χ0n) is 14.2. The number of aromatic nitrogens is 3. The van der Waals surface area contributed by atoms with E-state index in [1.165, 1.54) is 11.3 Å². The maximum atomic E-state index is 12.3. The van der Waals surface area contributed by atoms with E-state index in [0.717, 1.165) is 45.1 Å². The Morgan fingerprint density at radius 1 is 1.29 bits per heavy atom. The average molecular weight is 348 g/mol. The molecule has 2 aromatic heterocycles. The molecule has 130 valence electrons. The Balaban J connectivity index is 1.48. The first-order chi connectivity index (χ1) is 11.7. The van der Waals surface area contributed by atoms with Crippen molar-refractivity contribution in [3.05, 3.63) is 29.8 Å². The molecule has 1 atom stereocenters. The lowest BCUT2D eigenvalue weighted by molar-refractivity contribution is -0.121. The Kier molecular flexibility index (Phi) is 5.60. The van der Waals surface area contributed by atoms with Gasteiger partial charge in [0.2, 0.25) is 5.91 Å². The minimum absolute atomic E-state index is 0.0138. The zero-order chi connectivity index (χ0) is 16.9. The molecule has 1 aliphatic rings. The molecular weight excluding hydrogens is 324 g/mol. The average Bonchev–Trinajstić information content (AvgIpc) is 3.26. The zero-order valence-corrected chi connectivity index (χ0v) is 15.0. The van der Waals surface area contributed by atoms with Crippen LogP contribution in [0.15, 0.2) is 24.0 Å². The van der Waals surface area contributed by atoms with Gasteiger partial charge in [-0.05, 0) is 13.8 Å². The first-order valence-corrected chi connectivity index (χ1v) is 9.22. The number of rotatable bonds is 6. The van der Waals surface area contributed by atoms with E-state index in [9.17, 15) is 4.79 Å². The van der Waals surface area contributed by atoms with Crippen molar-refractivity contribution in [1.82, 2.24) is 24.3 Å². The lowest BCUT2D eigenvalue weighted by Gasteiger charge is -2.37. The van der Waals surface area contributed by atoms with Gasteiger partial charge in [-0.15, -0.1) is 11.3 Å². The van der Waals surface area contributed by atoms with Crippen LogP contribution < -0.4 is 5.32 Å². The summed E-state index contributed by atoms with van der Waals surface area (Å²) in [6.45, 7) is 9.58. The normalized spacial score (nSPS) is 17.8. The minimum Gasteiger partial charge on any atom is -0.334 e. The van der Waals surface area contributed by atoms with Crippen LogP contribution >= 0.6 is 11.3 Å². The Morgan fingerprint density at radius 2 is 2.08 bits per heavy atom. The van der Waals surface area contributed by atoms with E-state index < -0.39 is 0 Å². The second kappa shape index (κ2) is 7.87. The van der Waals surface area contributed by atoms with Gasteiger partial charge < -0.3 is 9.88 Å². The molecule has 24 heavy (non-hydrogen) atoms. The Morgan fingerprint density at radius 3 is 2.75 bits per heavy atom. The number of carbonyl (C=O) groups excluding carboxylic acids is 1. The topological polar surface area (TPSA) is 66.3 Å². The third-order valence-electron chi connectivity index (χ3n) is 4.50. The Hall–Kier alpha value is -1.77. The van der Waals surface area contributed by atoms with Gasteiger partial charge in [-0.2, -0.15) is 0 Å². The molecule has 0 radical (unpaired) electrons. The maximum absolute atomic E-state index is 12.3. The smallest absolute Gasteiger partial charge is 0.243 e. The summed E-state index contributed by atoms with van der Waals surface area (Å²) >= 11 is 1.44. The van der Waals surface area contributed by atoms with Gasteiger partial charge in [-0.25, -0.2) is 9.97 Å². The first kappa shape index (κ1) is 17.1. The van der Waals surface area contributed by atoms with Crippen LogP contribution in [0, 0.1) is 0 Å². The van der Waals surface area contributed by atoms with Crippen LogP contribution in [0.2, 0.25) is 0 Å². The van der Waals surface area contributed by atoms with Gasteiger partial charge in [-0.3, -0.25) is 14.6 Å². The number of imidazole rings is 1. The summed E-state index contributed by atoms with van der Waals surface area (Å²) in [6, 6.07) is -0.145. The van der Waals surface area contributed by atoms with Crippen molar-refractivity contribution in [1.29, 1.82) is 0 Å². The summed E-state index contributed by atoms with van der Waals surface area (Å²) in [6.07, 6.45) is 5.58. The van der Waals surface area contributed by atoms with Crippen molar-refractivity contribution < 1.29 is 4.79 Å². The first-order valence-electron chi connectivity index (χ1n) is 8.34. The fourth-order valence-corrected chi connectivity index (χ4v) is 3.48. The number of anilines is 1. The highest BCUT2D eigenvalue weighted by molar-refractivity contribution is 7.13. The highest BCUT2D eigenvalue weighted by atomic mass is 32.1. The molecule has 0 aliphatic carbocycles. The summed E-state index contributed by atoms with van der Waals surface area (Å²) in [5.74, 6) is 1.13. The van der Waals surface area contributed by atoms with Crippen molar-refractivity contribution >= 4 is 22.4 Å². The van der Waals surface area contributed by atoms with Crippen LogP contribution in [0.1, 0.15) is 19.7 Å². The number of piperazine rings is 1. The highest BCUT2D eigenvalue weighted by Gasteiger charge is 2.26. The lowest BCUT2D eigenvalue weighted by atomic mass is 10.2. The number of nitrogens with zero attached hydrogens (tertiary/aromatic N) is 5. The molecule has 0 spiro atoms. The molecule has 1 fully saturated rings. The number of hydrogen-bond donors (Lipinski definition) is 1. The largest absolute Gasteiger partial charge is 0.334 e. The second-order valence-electron chi connectivity index (χ2n) is 5.94. The van der Waals surface area contributed by atoms with Gasteiger partial charge in [0.15, 0.2) is 5.13 Å². The van der Waals surface area contributed by atoms with Gasteiger partial charge >= 0.3 is 0 Å². The van der Waals surface area contributed by atoms with Crippen LogP contribution in [0.25, 0.3) is 0 Å². The number of carbonyl (C=O) groups is 1. The number of hydrogen-bond acceptors (Lipinski definition) is 6. The van der Waals surface area contributed by atoms with Crippen molar-refractivity contribution in [3.63, 3.8) is 0 Å². The molecule has 0 aromatic carbocycles. The predicted octanol–water partition coefficient (Wildman–Crippen LogP) is 1.50. The summed E-state index contributed by atoms with van der Waals surface area (Å²) in [5.41, 5.74) is 0. The molecule has 0 unspecified atom stereocenters. The van der Waals surface area contributed by atoms with Crippen LogP contribution in [0.3, 0.4) is 0 Å². The van der Waals surface area contributed by atoms with E-state index in [1.54, 1.807) is 6.20 Å². The summed E-state index contributed by atoms with van der Waals surface area (Å²) in [7, 11) is 0. The summed E-state index contributed by atoms with van der Waals surface area (Å²) in [4.78, 5) is 25.5. The van der Waals surface area contributed by atoms with Crippen LogP contribution in [-0.4, -0.2) is 62.5 Å². The quantitative estimate of drug-likeness (QED) is 0.857. The lowest BCUT2D eigenvalue weighted by Crippen LogP contribution is -2.52. The van der Waals surface area contributed by atoms with Crippen molar-refractivity contribution in [2.24, 2.45) is 0 Å². The molecule has 1 N–H and O–H groups in total. The van der Waals surface area contributed by atoms with E-state index in [4.69, 9.17) is 0 Å². The summed E-state index contributed by atoms with van der Waals surface area (Å²) < 4.78 is 2.18. The van der Waals surface area contributed by atoms with E-state index >= 15 is 0 Å².